The van der Waals surface area contributed by atoms with Gasteiger partial charge in [-0.05, 0) is 32.7 Å². The van der Waals surface area contributed by atoms with Crippen molar-refractivity contribution >= 4 is 26.6 Å². The molecule has 0 atom stereocenters. The van der Waals surface area contributed by atoms with E-state index in [4.69, 9.17) is 8.23 Å². The lowest BCUT2D eigenvalue weighted by Gasteiger charge is -2.28. The number of hydrogen-bond donors (Lipinski definition) is 0. The van der Waals surface area contributed by atoms with E-state index in [9.17, 15) is 0 Å². The molecule has 0 heterocycles. The lowest BCUT2D eigenvalue weighted by atomic mass is 11.3. The van der Waals surface area contributed by atoms with Gasteiger partial charge in [-0.25, -0.2) is 0 Å². The maximum absolute atomic E-state index is 5.87. The Balaban J connectivity index is 0. The Bertz CT molecular complexity index is 138. The van der Waals surface area contributed by atoms with E-state index >= 15 is 0 Å². The van der Waals surface area contributed by atoms with Crippen molar-refractivity contribution < 1.29 is 8.23 Å². The van der Waals surface area contributed by atoms with Gasteiger partial charge in [-0.1, -0.05) is 13.1 Å². The zero-order chi connectivity index (χ0) is 9.78. The van der Waals surface area contributed by atoms with Gasteiger partial charge in [0.2, 0.25) is 0 Å². The topological polar surface area (TPSA) is 18.5 Å². The molecule has 13 heavy (non-hydrogen) atoms. The van der Waals surface area contributed by atoms with E-state index in [0.717, 1.165) is 0 Å². The van der Waals surface area contributed by atoms with Crippen LogP contribution in [-0.4, -0.2) is 26.6 Å². The summed E-state index contributed by atoms with van der Waals surface area (Å²) in [4.78, 5) is 0. The lowest BCUT2D eigenvalue weighted by Crippen LogP contribution is -2.43. The minimum atomic E-state index is -1.96. The van der Waals surface area contributed by atoms with Gasteiger partial charge in [0.15, 0.2) is 18.1 Å². The minimum Gasteiger partial charge on any atom is -0.437 e. The van der Waals surface area contributed by atoms with Crippen LogP contribution in [0.5, 0.6) is 0 Å². The molecule has 0 radical (unpaired) electrons. The molecule has 0 aromatic rings. The molecule has 0 aliphatic carbocycles. The van der Waals surface area contributed by atoms with Crippen LogP contribution in [0.3, 0.4) is 0 Å². The van der Waals surface area contributed by atoms with E-state index in [2.05, 4.69) is 39.3 Å². The van der Waals surface area contributed by atoms with Crippen LogP contribution in [-0.2, 0) is 8.23 Å². The zero-order valence-electron chi connectivity index (χ0n) is 8.76. The quantitative estimate of drug-likeness (QED) is 0.683. The molecule has 0 N–H and O–H groups in total. The van der Waals surface area contributed by atoms with Gasteiger partial charge in [-0.3, -0.25) is 0 Å². The van der Waals surface area contributed by atoms with Gasteiger partial charge in [-0.2, -0.15) is 0 Å². The third kappa shape index (κ3) is 7.39. The van der Waals surface area contributed by atoms with Crippen LogP contribution < -0.4 is 0 Å². The summed E-state index contributed by atoms with van der Waals surface area (Å²) in [6.07, 6.45) is 0. The summed E-state index contributed by atoms with van der Waals surface area (Å²) in [6, 6.07) is 0. The fourth-order valence-corrected chi connectivity index (χ4v) is 10.0. The van der Waals surface area contributed by atoms with E-state index in [1.54, 1.807) is 0 Å². The van der Waals surface area contributed by atoms with Crippen LogP contribution >= 0.6 is 0 Å². The standard InChI is InChI=1S/C7H20O2Si3.CH4/c1-7-12(6,8-10(2)3)9-11(4)5;/h7,10-11H,1H2,2-6H3;1H4. The van der Waals surface area contributed by atoms with Crippen molar-refractivity contribution in [3.63, 3.8) is 0 Å². The van der Waals surface area contributed by atoms with Crippen LogP contribution in [0.4, 0.5) is 0 Å². The molecule has 0 aliphatic heterocycles. The molecule has 0 amide bonds. The van der Waals surface area contributed by atoms with Gasteiger partial charge in [-0.15, -0.1) is 6.58 Å². The average Bonchev–Trinajstić information content (AvgIpc) is 1.83. The van der Waals surface area contributed by atoms with Gasteiger partial charge in [0.1, 0.15) is 0 Å². The molecule has 80 valence electrons. The van der Waals surface area contributed by atoms with Crippen molar-refractivity contribution in [2.75, 3.05) is 0 Å². The first-order valence-electron chi connectivity index (χ1n) is 4.39. The summed E-state index contributed by atoms with van der Waals surface area (Å²) in [5.41, 5.74) is 1.90. The molecule has 0 unspecified atom stereocenters. The van der Waals surface area contributed by atoms with Crippen LogP contribution in [0.15, 0.2) is 12.3 Å². The fraction of sp³-hybridized carbons (Fsp3) is 0.750. The summed E-state index contributed by atoms with van der Waals surface area (Å²) in [6.45, 7) is 14.5. The highest BCUT2D eigenvalue weighted by Gasteiger charge is 2.29. The second kappa shape index (κ2) is 6.72. The minimum absolute atomic E-state index is 0. The molecule has 0 aromatic heterocycles. The van der Waals surface area contributed by atoms with Gasteiger partial charge in [0, 0.05) is 0 Å². The summed E-state index contributed by atoms with van der Waals surface area (Å²) >= 11 is 0. The summed E-state index contributed by atoms with van der Waals surface area (Å²) in [5, 5.41) is 0. The van der Waals surface area contributed by atoms with Crippen LogP contribution in [0.25, 0.3) is 0 Å². The Labute approximate surface area is 87.7 Å². The molecule has 0 aromatic carbocycles. The molecule has 0 saturated carbocycles. The summed E-state index contributed by atoms with van der Waals surface area (Å²) in [5.74, 6) is 0. The third-order valence-corrected chi connectivity index (χ3v) is 9.57. The molecule has 0 aliphatic rings. The Hall–Kier alpha value is 0.311. The zero-order valence-corrected chi connectivity index (χ0v) is 12.1. The van der Waals surface area contributed by atoms with Crippen LogP contribution in [0.1, 0.15) is 7.43 Å². The predicted octanol–water partition coefficient (Wildman–Crippen LogP) is 2.42. The molecule has 0 bridgehead atoms. The van der Waals surface area contributed by atoms with Crippen LogP contribution in [0.2, 0.25) is 32.7 Å². The molecular formula is C8H24O2Si3. The normalized spacial score (nSPS) is 11.6. The maximum atomic E-state index is 5.87. The first-order chi connectivity index (χ1) is 5.39. The molecule has 0 spiro atoms. The Morgan fingerprint density at radius 2 is 1.38 bits per heavy atom. The van der Waals surface area contributed by atoms with Crippen LogP contribution in [0, 0.1) is 0 Å². The molecule has 0 fully saturated rings. The molecule has 5 heteroatoms. The Morgan fingerprint density at radius 1 is 1.08 bits per heavy atom. The lowest BCUT2D eigenvalue weighted by molar-refractivity contribution is 0.423. The van der Waals surface area contributed by atoms with E-state index < -0.39 is 26.6 Å². The molecule has 2 nitrogen and oxygen atoms in total. The first-order valence-corrected chi connectivity index (χ1v) is 12.3. The number of rotatable bonds is 5. The van der Waals surface area contributed by atoms with Crippen molar-refractivity contribution in [3.8, 4) is 0 Å². The Morgan fingerprint density at radius 3 is 1.54 bits per heavy atom. The van der Waals surface area contributed by atoms with Crippen molar-refractivity contribution in [1.29, 1.82) is 0 Å². The van der Waals surface area contributed by atoms with Gasteiger partial charge >= 0.3 is 8.56 Å². The Kier molecular flexibility index (Phi) is 8.15. The summed E-state index contributed by atoms with van der Waals surface area (Å²) in [7, 11) is -3.93. The van der Waals surface area contributed by atoms with Crippen molar-refractivity contribution in [2.45, 2.75) is 40.2 Å². The van der Waals surface area contributed by atoms with Crippen molar-refractivity contribution in [2.24, 2.45) is 0 Å². The highest BCUT2D eigenvalue weighted by atomic mass is 28.5. The van der Waals surface area contributed by atoms with Gasteiger partial charge in [0.05, 0.1) is 0 Å². The van der Waals surface area contributed by atoms with E-state index in [-0.39, 0.29) is 7.43 Å². The molecular weight excluding hydrogens is 212 g/mol. The largest absolute Gasteiger partial charge is 0.437 e. The van der Waals surface area contributed by atoms with E-state index in [1.807, 2.05) is 5.70 Å². The number of hydrogen-bond acceptors (Lipinski definition) is 2. The van der Waals surface area contributed by atoms with Crippen molar-refractivity contribution in [3.05, 3.63) is 12.3 Å². The maximum Gasteiger partial charge on any atom is 0.340 e. The summed E-state index contributed by atoms with van der Waals surface area (Å²) < 4.78 is 11.7. The smallest absolute Gasteiger partial charge is 0.340 e. The molecule has 0 rings (SSSR count). The second-order valence-electron chi connectivity index (χ2n) is 3.55. The SMILES string of the molecule is C.C=C[Si](C)(O[SiH](C)C)O[SiH](C)C. The highest BCUT2D eigenvalue weighted by molar-refractivity contribution is 6.82. The fourth-order valence-electron chi connectivity index (χ4n) is 1.06. The predicted molar refractivity (Wildman–Crippen MR) is 68.5 cm³/mol. The second-order valence-corrected chi connectivity index (χ2v) is 12.1. The average molecular weight is 237 g/mol. The van der Waals surface area contributed by atoms with Crippen molar-refractivity contribution in [1.82, 2.24) is 0 Å². The van der Waals surface area contributed by atoms with Gasteiger partial charge < -0.3 is 8.23 Å². The van der Waals surface area contributed by atoms with E-state index in [1.165, 1.54) is 0 Å². The van der Waals surface area contributed by atoms with E-state index in [0.29, 0.717) is 0 Å². The van der Waals surface area contributed by atoms with Gasteiger partial charge in [0.25, 0.3) is 0 Å². The third-order valence-electron chi connectivity index (χ3n) is 1.31. The highest BCUT2D eigenvalue weighted by Crippen LogP contribution is 2.11. The first kappa shape index (κ1) is 15.8. The molecule has 0 saturated heterocycles. The monoisotopic (exact) mass is 236 g/mol.